The molecule has 0 bridgehead atoms. The first kappa shape index (κ1) is 22.3. The van der Waals surface area contributed by atoms with E-state index < -0.39 is 10.0 Å². The first-order valence-electron chi connectivity index (χ1n) is 10.3. The molecular formula is C24H24N4O4S. The summed E-state index contributed by atoms with van der Waals surface area (Å²) >= 11 is 0. The molecule has 0 saturated carbocycles. The van der Waals surface area contributed by atoms with Gasteiger partial charge >= 0.3 is 0 Å². The molecule has 9 heteroatoms. The number of sulfonamides is 1. The number of anilines is 2. The number of hydrogen-bond acceptors (Lipinski definition) is 5. The van der Waals surface area contributed by atoms with E-state index in [2.05, 4.69) is 19.8 Å². The van der Waals surface area contributed by atoms with Gasteiger partial charge in [0.1, 0.15) is 0 Å². The average molecular weight is 465 g/mol. The van der Waals surface area contributed by atoms with Crippen LogP contribution >= 0.6 is 0 Å². The zero-order chi connectivity index (χ0) is 23.8. The second kappa shape index (κ2) is 8.59. The molecule has 8 nitrogen and oxygen atoms in total. The van der Waals surface area contributed by atoms with Gasteiger partial charge in [-0.3, -0.25) is 4.79 Å². The third-order valence-corrected chi connectivity index (χ3v) is 6.81. The molecule has 4 rings (SSSR count). The molecular weight excluding hydrogens is 440 g/mol. The molecule has 2 heterocycles. The molecule has 170 valence electrons. The van der Waals surface area contributed by atoms with E-state index in [1.807, 2.05) is 38.1 Å². The van der Waals surface area contributed by atoms with E-state index in [-0.39, 0.29) is 16.7 Å². The Labute approximate surface area is 192 Å². The first-order chi connectivity index (χ1) is 15.7. The molecule has 33 heavy (non-hydrogen) atoms. The lowest BCUT2D eigenvalue weighted by atomic mass is 10.2. The highest BCUT2D eigenvalue weighted by Crippen LogP contribution is 2.23. The lowest BCUT2D eigenvalue weighted by Gasteiger charge is -2.11. The molecule has 1 amide bonds. The zero-order valence-corrected chi connectivity index (χ0v) is 19.5. The summed E-state index contributed by atoms with van der Waals surface area (Å²) in [6, 6.07) is 17.3. The fourth-order valence-corrected chi connectivity index (χ4v) is 4.50. The summed E-state index contributed by atoms with van der Waals surface area (Å²) in [6.45, 7) is 7.50. The number of amides is 1. The van der Waals surface area contributed by atoms with Crippen molar-refractivity contribution in [3.63, 3.8) is 0 Å². The van der Waals surface area contributed by atoms with Crippen molar-refractivity contribution < 1.29 is 17.7 Å². The van der Waals surface area contributed by atoms with Crippen LogP contribution in [0, 0.1) is 27.7 Å². The van der Waals surface area contributed by atoms with Crippen LogP contribution in [0.2, 0.25) is 0 Å². The standard InChI is InChI=1S/C24H24N4O4S/c1-15-5-6-16(2)28(15)21-11-7-19(8-12-21)23(29)25-20-9-13-22(14-10-20)33(30,31)27-24-17(3)18(4)26-32-24/h5-14,27H,1-4H3,(H,25,29). The summed E-state index contributed by atoms with van der Waals surface area (Å²) in [4.78, 5) is 12.7. The Kier molecular flexibility index (Phi) is 5.82. The number of carbonyl (C=O) groups is 1. The second-order valence-corrected chi connectivity index (χ2v) is 9.49. The van der Waals surface area contributed by atoms with Gasteiger partial charge in [-0.2, -0.15) is 0 Å². The van der Waals surface area contributed by atoms with Crippen LogP contribution in [0.5, 0.6) is 0 Å². The average Bonchev–Trinajstić information content (AvgIpc) is 3.29. The lowest BCUT2D eigenvalue weighted by molar-refractivity contribution is 0.102. The van der Waals surface area contributed by atoms with E-state index in [0.717, 1.165) is 17.1 Å². The van der Waals surface area contributed by atoms with Crippen LogP contribution < -0.4 is 10.0 Å². The van der Waals surface area contributed by atoms with Gasteiger partial charge in [-0.15, -0.1) is 0 Å². The van der Waals surface area contributed by atoms with E-state index in [4.69, 9.17) is 4.52 Å². The van der Waals surface area contributed by atoms with Crippen LogP contribution in [0.25, 0.3) is 5.69 Å². The number of rotatable bonds is 6. The highest BCUT2D eigenvalue weighted by molar-refractivity contribution is 7.92. The van der Waals surface area contributed by atoms with Crippen molar-refractivity contribution in [3.05, 3.63) is 88.9 Å². The number of aryl methyl sites for hydroxylation is 3. The van der Waals surface area contributed by atoms with Crippen molar-refractivity contribution in [2.24, 2.45) is 0 Å². The topological polar surface area (TPSA) is 106 Å². The van der Waals surface area contributed by atoms with Gasteiger partial charge in [-0.05, 0) is 88.4 Å². The van der Waals surface area contributed by atoms with Gasteiger partial charge < -0.3 is 14.4 Å². The molecule has 0 aliphatic carbocycles. The van der Waals surface area contributed by atoms with Crippen LogP contribution in [0.4, 0.5) is 11.6 Å². The number of benzene rings is 2. The van der Waals surface area contributed by atoms with E-state index in [9.17, 15) is 13.2 Å². The Morgan fingerprint density at radius 1 is 0.879 bits per heavy atom. The summed E-state index contributed by atoms with van der Waals surface area (Å²) in [7, 11) is -3.85. The summed E-state index contributed by atoms with van der Waals surface area (Å²) in [5.74, 6) is -0.206. The fourth-order valence-electron chi connectivity index (χ4n) is 3.45. The van der Waals surface area contributed by atoms with Crippen molar-refractivity contribution in [1.82, 2.24) is 9.72 Å². The van der Waals surface area contributed by atoms with Gasteiger partial charge in [0.25, 0.3) is 15.9 Å². The van der Waals surface area contributed by atoms with Crippen molar-refractivity contribution in [2.75, 3.05) is 10.0 Å². The van der Waals surface area contributed by atoms with Crippen LogP contribution in [0.1, 0.15) is 33.0 Å². The Hall–Kier alpha value is -3.85. The van der Waals surface area contributed by atoms with Gasteiger partial charge in [0.2, 0.25) is 5.88 Å². The number of hydrogen-bond donors (Lipinski definition) is 2. The molecule has 2 aromatic heterocycles. The highest BCUT2D eigenvalue weighted by Gasteiger charge is 2.19. The van der Waals surface area contributed by atoms with Crippen LogP contribution in [0.3, 0.4) is 0 Å². The largest absolute Gasteiger partial charge is 0.337 e. The monoisotopic (exact) mass is 464 g/mol. The van der Waals surface area contributed by atoms with Crippen molar-refractivity contribution in [2.45, 2.75) is 32.6 Å². The molecule has 0 saturated heterocycles. The Bertz CT molecular complexity index is 1400. The Morgan fingerprint density at radius 3 is 2.03 bits per heavy atom. The van der Waals surface area contributed by atoms with Gasteiger partial charge in [-0.1, -0.05) is 5.16 Å². The maximum atomic E-state index is 12.6. The molecule has 0 spiro atoms. The summed E-state index contributed by atoms with van der Waals surface area (Å²) in [5, 5.41) is 6.53. The minimum absolute atomic E-state index is 0.0377. The quantitative estimate of drug-likeness (QED) is 0.428. The molecule has 0 radical (unpaired) electrons. The number of nitrogens with zero attached hydrogens (tertiary/aromatic N) is 2. The van der Waals surface area contributed by atoms with Crippen molar-refractivity contribution in [1.29, 1.82) is 0 Å². The third-order valence-electron chi connectivity index (χ3n) is 5.47. The van der Waals surface area contributed by atoms with Gasteiger partial charge in [0.15, 0.2) is 0 Å². The minimum Gasteiger partial charge on any atom is -0.337 e. The Morgan fingerprint density at radius 2 is 1.48 bits per heavy atom. The van der Waals surface area contributed by atoms with E-state index in [0.29, 0.717) is 22.5 Å². The van der Waals surface area contributed by atoms with Crippen LogP contribution in [-0.4, -0.2) is 24.0 Å². The van der Waals surface area contributed by atoms with Gasteiger partial charge in [0.05, 0.1) is 10.6 Å². The fraction of sp³-hybridized carbons (Fsp3) is 0.167. The number of nitrogens with one attached hydrogen (secondary N) is 2. The smallest absolute Gasteiger partial charge is 0.264 e. The highest BCUT2D eigenvalue weighted by atomic mass is 32.2. The second-order valence-electron chi connectivity index (χ2n) is 7.80. The van der Waals surface area contributed by atoms with Crippen molar-refractivity contribution in [3.8, 4) is 5.69 Å². The molecule has 0 aliphatic heterocycles. The van der Waals surface area contributed by atoms with E-state index in [1.165, 1.54) is 24.3 Å². The first-order valence-corrected chi connectivity index (χ1v) is 11.8. The maximum absolute atomic E-state index is 12.6. The van der Waals surface area contributed by atoms with Crippen LogP contribution in [-0.2, 0) is 10.0 Å². The summed E-state index contributed by atoms with van der Waals surface area (Å²) in [6.07, 6.45) is 0. The predicted molar refractivity (Wildman–Crippen MR) is 126 cm³/mol. The predicted octanol–water partition coefficient (Wildman–Crippen LogP) is 4.75. The molecule has 2 aromatic carbocycles. The van der Waals surface area contributed by atoms with Gasteiger partial charge in [0, 0.05) is 33.9 Å². The molecule has 4 aromatic rings. The zero-order valence-electron chi connectivity index (χ0n) is 18.7. The summed E-state index contributed by atoms with van der Waals surface area (Å²) in [5.41, 5.74) is 5.41. The minimum atomic E-state index is -3.85. The van der Waals surface area contributed by atoms with E-state index >= 15 is 0 Å². The maximum Gasteiger partial charge on any atom is 0.264 e. The SMILES string of the molecule is Cc1noc(NS(=O)(=O)c2ccc(NC(=O)c3ccc(-n4c(C)ccc4C)cc3)cc2)c1C. The normalized spacial score (nSPS) is 11.4. The molecule has 0 unspecified atom stereocenters. The lowest BCUT2D eigenvalue weighted by Crippen LogP contribution is -2.14. The van der Waals surface area contributed by atoms with Crippen LogP contribution in [0.15, 0.2) is 70.1 Å². The van der Waals surface area contributed by atoms with E-state index in [1.54, 1.807) is 26.0 Å². The van der Waals surface area contributed by atoms with Crippen molar-refractivity contribution >= 4 is 27.5 Å². The molecule has 0 fully saturated rings. The molecule has 0 atom stereocenters. The molecule has 0 aliphatic rings. The number of carbonyl (C=O) groups excluding carboxylic acids is 1. The summed E-state index contributed by atoms with van der Waals surface area (Å²) < 4.78 is 34.7. The third kappa shape index (κ3) is 4.54. The Balaban J connectivity index is 1.45. The van der Waals surface area contributed by atoms with Gasteiger partial charge in [-0.25, -0.2) is 13.1 Å². The number of aromatic nitrogens is 2. The molecule has 2 N–H and O–H groups in total.